The summed E-state index contributed by atoms with van der Waals surface area (Å²) in [7, 11) is 0. The number of allylic oxidation sites excluding steroid dienone is 2. The van der Waals surface area contributed by atoms with Gasteiger partial charge in [-0.1, -0.05) is 44.4 Å². The van der Waals surface area contributed by atoms with E-state index in [1.807, 2.05) is 13.0 Å². The molecule has 0 fully saturated rings. The molecule has 0 bridgehead atoms. The summed E-state index contributed by atoms with van der Waals surface area (Å²) in [5, 5.41) is 0. The van der Waals surface area contributed by atoms with E-state index < -0.39 is 11.3 Å². The first-order valence-electron chi connectivity index (χ1n) is 6.47. The molecule has 0 aromatic rings. The van der Waals surface area contributed by atoms with Crippen LogP contribution < -0.4 is 11.5 Å². The van der Waals surface area contributed by atoms with E-state index in [4.69, 9.17) is 11.5 Å². The molecule has 0 aromatic carbocycles. The Balaban J connectivity index is 3.21. The maximum absolute atomic E-state index is 11.9. The summed E-state index contributed by atoms with van der Waals surface area (Å²) in [5.74, 6) is -0.820. The lowest BCUT2D eigenvalue weighted by atomic mass is 9.67. The number of carbonyl (C=O) groups excluding carboxylic acids is 2. The zero-order valence-electron chi connectivity index (χ0n) is 11.2. The second kappa shape index (κ2) is 5.85. The summed E-state index contributed by atoms with van der Waals surface area (Å²) >= 11 is 0. The number of rotatable bonds is 6. The molecule has 0 heterocycles. The lowest BCUT2D eigenvalue weighted by Crippen LogP contribution is -2.41. The van der Waals surface area contributed by atoms with Gasteiger partial charge in [-0.2, -0.15) is 0 Å². The normalized spacial score (nSPS) is 23.2. The largest absolute Gasteiger partial charge is 0.369 e. The fourth-order valence-electron chi connectivity index (χ4n) is 2.66. The van der Waals surface area contributed by atoms with E-state index in [9.17, 15) is 9.59 Å². The first-order chi connectivity index (χ1) is 8.47. The number of carbonyl (C=O) groups is 2. The van der Waals surface area contributed by atoms with Crippen LogP contribution in [-0.2, 0) is 9.59 Å². The van der Waals surface area contributed by atoms with Crippen molar-refractivity contribution in [2.75, 3.05) is 0 Å². The Kier molecular flexibility index (Phi) is 4.70. The summed E-state index contributed by atoms with van der Waals surface area (Å²) in [6.07, 6.45) is 7.21. The molecule has 0 saturated heterocycles. The minimum atomic E-state index is -0.718. The Bertz CT molecular complexity index is 410. The quantitative estimate of drug-likeness (QED) is 0.753. The minimum Gasteiger partial charge on any atom is -0.369 e. The number of nitrogens with two attached hydrogens (primary N) is 2. The third-order valence-electron chi connectivity index (χ3n) is 3.58. The number of hydrogen-bond acceptors (Lipinski definition) is 2. The van der Waals surface area contributed by atoms with E-state index in [0.717, 1.165) is 24.8 Å². The molecule has 1 rings (SSSR count). The van der Waals surface area contributed by atoms with Crippen LogP contribution in [0, 0.1) is 5.41 Å². The lowest BCUT2D eigenvalue weighted by Gasteiger charge is -2.35. The second-order valence-electron chi connectivity index (χ2n) is 4.87. The van der Waals surface area contributed by atoms with E-state index >= 15 is 0 Å². The Hall–Kier alpha value is -1.58. The maximum atomic E-state index is 11.9. The summed E-state index contributed by atoms with van der Waals surface area (Å²) < 4.78 is 0. The van der Waals surface area contributed by atoms with Crippen LogP contribution >= 0.6 is 0 Å². The van der Waals surface area contributed by atoms with Gasteiger partial charge in [-0.3, -0.25) is 9.59 Å². The first-order valence-corrected chi connectivity index (χ1v) is 6.47. The molecule has 18 heavy (non-hydrogen) atoms. The van der Waals surface area contributed by atoms with Gasteiger partial charge in [0.05, 0.1) is 5.41 Å². The van der Waals surface area contributed by atoms with Crippen LogP contribution in [0.15, 0.2) is 23.3 Å². The predicted molar refractivity (Wildman–Crippen MR) is 71.4 cm³/mol. The SMILES string of the molecule is CCCC1=CC=C(C(N)=O)CC1(CCC)C(N)=O. The Morgan fingerprint density at radius 1 is 1.22 bits per heavy atom. The van der Waals surface area contributed by atoms with Crippen molar-refractivity contribution in [2.45, 2.75) is 46.0 Å². The highest BCUT2D eigenvalue weighted by Crippen LogP contribution is 2.43. The molecule has 0 saturated carbocycles. The van der Waals surface area contributed by atoms with Crippen LogP contribution in [0.2, 0.25) is 0 Å². The Morgan fingerprint density at radius 3 is 2.33 bits per heavy atom. The molecule has 0 radical (unpaired) electrons. The number of amides is 2. The van der Waals surface area contributed by atoms with Gasteiger partial charge in [0.15, 0.2) is 0 Å². The van der Waals surface area contributed by atoms with Crippen LogP contribution in [0.3, 0.4) is 0 Å². The van der Waals surface area contributed by atoms with E-state index in [1.54, 1.807) is 6.08 Å². The van der Waals surface area contributed by atoms with Crippen molar-refractivity contribution < 1.29 is 9.59 Å². The van der Waals surface area contributed by atoms with Crippen LogP contribution in [-0.4, -0.2) is 11.8 Å². The van der Waals surface area contributed by atoms with E-state index in [0.29, 0.717) is 18.4 Å². The van der Waals surface area contributed by atoms with Gasteiger partial charge in [0.1, 0.15) is 0 Å². The topological polar surface area (TPSA) is 86.2 Å². The highest BCUT2D eigenvalue weighted by Gasteiger charge is 2.41. The van der Waals surface area contributed by atoms with Gasteiger partial charge in [0.2, 0.25) is 11.8 Å². The van der Waals surface area contributed by atoms with Crippen molar-refractivity contribution in [3.05, 3.63) is 23.3 Å². The molecule has 2 amide bonds. The van der Waals surface area contributed by atoms with Crippen molar-refractivity contribution in [3.8, 4) is 0 Å². The van der Waals surface area contributed by atoms with E-state index in [2.05, 4.69) is 6.92 Å². The minimum absolute atomic E-state index is 0.345. The Morgan fingerprint density at radius 2 is 1.89 bits per heavy atom. The zero-order chi connectivity index (χ0) is 13.8. The third kappa shape index (κ3) is 2.63. The molecule has 1 aliphatic rings. The number of primary amides is 2. The average Bonchev–Trinajstić information content (AvgIpc) is 2.31. The summed E-state index contributed by atoms with van der Waals surface area (Å²) in [6, 6.07) is 0. The van der Waals surface area contributed by atoms with Gasteiger partial charge in [0, 0.05) is 5.57 Å². The number of hydrogen-bond donors (Lipinski definition) is 2. The standard InChI is InChI=1S/C14H22N2O2/c1-3-5-11-7-6-10(12(15)17)9-14(11,8-4-2)13(16)18/h6-7H,3-5,8-9H2,1-2H3,(H2,15,17)(H2,16,18). The fourth-order valence-corrected chi connectivity index (χ4v) is 2.66. The van der Waals surface area contributed by atoms with Crippen LogP contribution in [0.1, 0.15) is 46.0 Å². The molecule has 4 heteroatoms. The Labute approximate surface area is 108 Å². The third-order valence-corrected chi connectivity index (χ3v) is 3.58. The molecule has 100 valence electrons. The van der Waals surface area contributed by atoms with Crippen molar-refractivity contribution in [1.29, 1.82) is 0 Å². The highest BCUT2D eigenvalue weighted by molar-refractivity contribution is 5.95. The zero-order valence-corrected chi connectivity index (χ0v) is 11.2. The summed E-state index contributed by atoms with van der Waals surface area (Å²) in [5.41, 5.74) is 11.7. The van der Waals surface area contributed by atoms with Crippen molar-refractivity contribution in [3.63, 3.8) is 0 Å². The maximum Gasteiger partial charge on any atom is 0.244 e. The molecule has 4 N–H and O–H groups in total. The molecule has 1 unspecified atom stereocenters. The van der Waals surface area contributed by atoms with E-state index in [-0.39, 0.29) is 5.91 Å². The summed E-state index contributed by atoms with van der Waals surface area (Å²) in [6.45, 7) is 4.07. The molecule has 0 aromatic heterocycles. The molecule has 1 aliphatic carbocycles. The van der Waals surface area contributed by atoms with E-state index in [1.165, 1.54) is 0 Å². The van der Waals surface area contributed by atoms with Gasteiger partial charge in [0.25, 0.3) is 0 Å². The predicted octanol–water partition coefficient (Wildman–Crippen LogP) is 1.80. The smallest absolute Gasteiger partial charge is 0.244 e. The van der Waals surface area contributed by atoms with Crippen molar-refractivity contribution in [2.24, 2.45) is 16.9 Å². The monoisotopic (exact) mass is 250 g/mol. The van der Waals surface area contributed by atoms with Crippen LogP contribution in [0.25, 0.3) is 0 Å². The molecule has 0 aliphatic heterocycles. The first kappa shape index (κ1) is 14.5. The highest BCUT2D eigenvalue weighted by atomic mass is 16.1. The van der Waals surface area contributed by atoms with Crippen LogP contribution in [0.4, 0.5) is 0 Å². The fraction of sp³-hybridized carbons (Fsp3) is 0.571. The van der Waals surface area contributed by atoms with Gasteiger partial charge < -0.3 is 11.5 Å². The molecular weight excluding hydrogens is 228 g/mol. The molecule has 4 nitrogen and oxygen atoms in total. The molecular formula is C14H22N2O2. The van der Waals surface area contributed by atoms with Crippen molar-refractivity contribution >= 4 is 11.8 Å². The van der Waals surface area contributed by atoms with Crippen LogP contribution in [0.5, 0.6) is 0 Å². The second-order valence-corrected chi connectivity index (χ2v) is 4.87. The lowest BCUT2D eigenvalue weighted by molar-refractivity contribution is -0.126. The average molecular weight is 250 g/mol. The molecule has 1 atom stereocenters. The van der Waals surface area contributed by atoms with Gasteiger partial charge in [-0.15, -0.1) is 0 Å². The van der Waals surface area contributed by atoms with Gasteiger partial charge >= 0.3 is 0 Å². The van der Waals surface area contributed by atoms with Gasteiger partial charge in [-0.05, 0) is 19.3 Å². The van der Waals surface area contributed by atoms with Gasteiger partial charge in [-0.25, -0.2) is 0 Å². The summed E-state index contributed by atoms with van der Waals surface area (Å²) in [4.78, 5) is 23.2. The van der Waals surface area contributed by atoms with Crippen molar-refractivity contribution in [1.82, 2.24) is 0 Å². The molecule has 0 spiro atoms.